The molecule has 1 aromatic heterocycles. The van der Waals surface area contributed by atoms with Crippen molar-refractivity contribution in [3.8, 4) is 5.69 Å². The van der Waals surface area contributed by atoms with Crippen molar-refractivity contribution in [3.63, 3.8) is 0 Å². The van der Waals surface area contributed by atoms with Gasteiger partial charge < -0.3 is 9.31 Å². The Morgan fingerprint density at radius 3 is 2.27 bits per heavy atom. The van der Waals surface area contributed by atoms with E-state index in [-0.39, 0.29) is 5.82 Å². The van der Waals surface area contributed by atoms with Gasteiger partial charge in [-0.15, -0.1) is 0 Å². The van der Waals surface area contributed by atoms with E-state index in [9.17, 15) is 4.39 Å². The maximum atomic E-state index is 14.3. The lowest BCUT2D eigenvalue weighted by molar-refractivity contribution is 0.00578. The number of rotatable bonds is 2. The number of aryl methyl sites for hydroxylation is 1. The zero-order chi connectivity index (χ0) is 16.1. The van der Waals surface area contributed by atoms with Crippen LogP contribution in [0, 0.1) is 12.7 Å². The van der Waals surface area contributed by atoms with Crippen LogP contribution in [0.4, 0.5) is 4.39 Å². The third kappa shape index (κ3) is 2.36. The number of benzene rings is 1. The van der Waals surface area contributed by atoms with Crippen molar-refractivity contribution in [2.75, 3.05) is 0 Å². The molecule has 0 spiro atoms. The molecule has 1 saturated heterocycles. The highest BCUT2D eigenvalue weighted by atomic mass is 19.1. The van der Waals surface area contributed by atoms with Crippen LogP contribution in [-0.2, 0) is 9.31 Å². The standard InChI is InChI=1S/C16H20BFN2O2/c1-11-8-9-19-20(11)12-6-7-14(18)13(10-12)17-21-15(2,3)16(4,5)22-17/h6-10H,1-5H3. The van der Waals surface area contributed by atoms with Gasteiger partial charge in [0.15, 0.2) is 0 Å². The molecule has 0 atom stereocenters. The van der Waals surface area contributed by atoms with E-state index in [1.165, 1.54) is 6.07 Å². The molecule has 1 aliphatic heterocycles. The van der Waals surface area contributed by atoms with Gasteiger partial charge >= 0.3 is 7.12 Å². The van der Waals surface area contributed by atoms with Gasteiger partial charge in [-0.2, -0.15) is 5.10 Å². The van der Waals surface area contributed by atoms with Crippen LogP contribution in [0.1, 0.15) is 33.4 Å². The average molecular weight is 302 g/mol. The molecule has 0 radical (unpaired) electrons. The third-order valence-corrected chi connectivity index (χ3v) is 4.56. The summed E-state index contributed by atoms with van der Waals surface area (Å²) < 4.78 is 27.9. The summed E-state index contributed by atoms with van der Waals surface area (Å²) >= 11 is 0. The Morgan fingerprint density at radius 1 is 1.09 bits per heavy atom. The van der Waals surface area contributed by atoms with Crippen LogP contribution in [0.2, 0.25) is 0 Å². The molecule has 0 unspecified atom stereocenters. The molecule has 1 aromatic carbocycles. The second-order valence-electron chi connectivity index (χ2n) is 6.68. The zero-order valence-corrected chi connectivity index (χ0v) is 13.6. The second-order valence-corrected chi connectivity index (χ2v) is 6.68. The minimum absolute atomic E-state index is 0.341. The van der Waals surface area contributed by atoms with E-state index in [0.29, 0.717) is 5.46 Å². The van der Waals surface area contributed by atoms with Gasteiger partial charge in [0.25, 0.3) is 0 Å². The van der Waals surface area contributed by atoms with Gasteiger partial charge in [-0.25, -0.2) is 9.07 Å². The van der Waals surface area contributed by atoms with E-state index in [4.69, 9.17) is 9.31 Å². The third-order valence-electron chi connectivity index (χ3n) is 4.56. The van der Waals surface area contributed by atoms with Gasteiger partial charge in [-0.3, -0.25) is 0 Å². The summed E-state index contributed by atoms with van der Waals surface area (Å²) in [5, 5.41) is 4.25. The van der Waals surface area contributed by atoms with Crippen LogP contribution in [-0.4, -0.2) is 28.1 Å². The minimum atomic E-state index is -0.721. The molecule has 6 heteroatoms. The fourth-order valence-electron chi connectivity index (χ4n) is 2.45. The molecule has 22 heavy (non-hydrogen) atoms. The lowest BCUT2D eigenvalue weighted by atomic mass is 9.78. The summed E-state index contributed by atoms with van der Waals surface area (Å²) in [5.41, 5.74) is 1.16. The smallest absolute Gasteiger partial charge is 0.399 e. The number of aromatic nitrogens is 2. The summed E-state index contributed by atoms with van der Waals surface area (Å²) in [6.45, 7) is 9.75. The Hall–Kier alpha value is -1.66. The Bertz CT molecular complexity index is 696. The van der Waals surface area contributed by atoms with Crippen LogP contribution >= 0.6 is 0 Å². The number of halogens is 1. The lowest BCUT2D eigenvalue weighted by Crippen LogP contribution is -2.41. The van der Waals surface area contributed by atoms with Crippen LogP contribution in [0.15, 0.2) is 30.5 Å². The highest BCUT2D eigenvalue weighted by Crippen LogP contribution is 2.36. The largest absolute Gasteiger partial charge is 0.497 e. The van der Waals surface area contributed by atoms with Crippen molar-refractivity contribution >= 4 is 12.6 Å². The normalized spacial score (nSPS) is 19.6. The van der Waals surface area contributed by atoms with E-state index in [1.807, 2.05) is 40.7 Å². The Kier molecular flexibility index (Phi) is 3.42. The molecule has 4 nitrogen and oxygen atoms in total. The van der Waals surface area contributed by atoms with Crippen molar-refractivity contribution < 1.29 is 13.7 Å². The molecule has 0 bridgehead atoms. The summed E-state index contributed by atoms with van der Waals surface area (Å²) in [7, 11) is -0.721. The molecule has 1 aliphatic rings. The minimum Gasteiger partial charge on any atom is -0.399 e. The molecule has 0 saturated carbocycles. The van der Waals surface area contributed by atoms with E-state index in [1.54, 1.807) is 23.0 Å². The van der Waals surface area contributed by atoms with Crippen molar-refractivity contribution in [2.45, 2.75) is 45.8 Å². The van der Waals surface area contributed by atoms with Crippen LogP contribution in [0.5, 0.6) is 0 Å². The van der Waals surface area contributed by atoms with E-state index < -0.39 is 18.3 Å². The van der Waals surface area contributed by atoms with Crippen molar-refractivity contribution in [2.24, 2.45) is 0 Å². The highest BCUT2D eigenvalue weighted by molar-refractivity contribution is 6.62. The van der Waals surface area contributed by atoms with E-state index in [2.05, 4.69) is 5.10 Å². The highest BCUT2D eigenvalue weighted by Gasteiger charge is 2.52. The first-order valence-corrected chi connectivity index (χ1v) is 7.37. The van der Waals surface area contributed by atoms with Gasteiger partial charge in [-0.1, -0.05) is 0 Å². The number of hydrogen-bond donors (Lipinski definition) is 0. The molecular formula is C16H20BFN2O2. The Labute approximate surface area is 130 Å². The second kappa shape index (κ2) is 4.93. The Balaban J connectivity index is 2.00. The van der Waals surface area contributed by atoms with Crippen LogP contribution < -0.4 is 5.46 Å². The molecule has 3 rings (SSSR count). The summed E-state index contributed by atoms with van der Waals surface area (Å²) in [5.74, 6) is -0.341. The lowest BCUT2D eigenvalue weighted by Gasteiger charge is -2.32. The van der Waals surface area contributed by atoms with Crippen LogP contribution in [0.25, 0.3) is 5.69 Å². The number of nitrogens with zero attached hydrogens (tertiary/aromatic N) is 2. The fraction of sp³-hybridized carbons (Fsp3) is 0.438. The van der Waals surface area contributed by atoms with E-state index in [0.717, 1.165) is 11.4 Å². The quantitative estimate of drug-likeness (QED) is 0.800. The first kappa shape index (κ1) is 15.2. The van der Waals surface area contributed by atoms with Gasteiger partial charge in [0.1, 0.15) is 5.82 Å². The first-order valence-electron chi connectivity index (χ1n) is 7.37. The predicted molar refractivity (Wildman–Crippen MR) is 84.0 cm³/mol. The van der Waals surface area contributed by atoms with Crippen LogP contribution in [0.3, 0.4) is 0 Å². The Morgan fingerprint density at radius 2 is 1.73 bits per heavy atom. The van der Waals surface area contributed by atoms with E-state index >= 15 is 0 Å². The average Bonchev–Trinajstić information content (AvgIpc) is 2.92. The SMILES string of the molecule is Cc1ccnn1-c1ccc(F)c(B2OC(C)(C)C(C)(C)O2)c1. The van der Waals surface area contributed by atoms with Gasteiger partial charge in [0.05, 0.1) is 16.9 Å². The topological polar surface area (TPSA) is 36.3 Å². The summed E-state index contributed by atoms with van der Waals surface area (Å²) in [4.78, 5) is 0. The monoisotopic (exact) mass is 302 g/mol. The van der Waals surface area contributed by atoms with Crippen molar-refractivity contribution in [1.82, 2.24) is 9.78 Å². The van der Waals surface area contributed by atoms with Gasteiger partial charge in [-0.05, 0) is 58.9 Å². The molecule has 0 amide bonds. The van der Waals surface area contributed by atoms with Gasteiger partial charge in [0.2, 0.25) is 0 Å². The number of hydrogen-bond acceptors (Lipinski definition) is 3. The van der Waals surface area contributed by atoms with Gasteiger partial charge in [0, 0.05) is 17.4 Å². The molecule has 0 aliphatic carbocycles. The summed E-state index contributed by atoms with van der Waals surface area (Å²) in [6, 6.07) is 6.76. The maximum absolute atomic E-state index is 14.3. The molecule has 2 aromatic rings. The fourth-order valence-corrected chi connectivity index (χ4v) is 2.45. The predicted octanol–water partition coefficient (Wildman–Crippen LogP) is 2.62. The molecule has 1 fully saturated rings. The summed E-state index contributed by atoms with van der Waals surface area (Å²) in [6.07, 6.45) is 1.72. The van der Waals surface area contributed by atoms with Crippen molar-refractivity contribution in [1.29, 1.82) is 0 Å². The molecular weight excluding hydrogens is 282 g/mol. The zero-order valence-electron chi connectivity index (χ0n) is 13.6. The molecule has 116 valence electrons. The molecule has 0 N–H and O–H groups in total. The molecule has 2 heterocycles. The maximum Gasteiger partial charge on any atom is 0.497 e. The first-order chi connectivity index (χ1) is 10.2. The van der Waals surface area contributed by atoms with Crippen molar-refractivity contribution in [3.05, 3.63) is 42.0 Å².